The maximum atomic E-state index is 12.1. The van der Waals surface area contributed by atoms with E-state index in [1.54, 1.807) is 18.3 Å². The van der Waals surface area contributed by atoms with Gasteiger partial charge >= 0.3 is 5.97 Å². The number of hydrogen-bond acceptors (Lipinski definition) is 6. The summed E-state index contributed by atoms with van der Waals surface area (Å²) >= 11 is 0. The lowest BCUT2D eigenvalue weighted by Gasteiger charge is -2.05. The molecule has 2 N–H and O–H groups in total. The molecule has 0 aliphatic heterocycles. The molecule has 26 heavy (non-hydrogen) atoms. The van der Waals surface area contributed by atoms with Crippen molar-refractivity contribution in [1.29, 1.82) is 0 Å². The van der Waals surface area contributed by atoms with E-state index in [0.29, 0.717) is 23.0 Å². The second-order valence-corrected chi connectivity index (χ2v) is 5.34. The smallest absolute Gasteiger partial charge is 0.338 e. The second kappa shape index (κ2) is 7.98. The van der Waals surface area contributed by atoms with E-state index in [1.807, 2.05) is 30.3 Å². The van der Waals surface area contributed by atoms with Gasteiger partial charge in [-0.25, -0.2) is 9.78 Å². The van der Waals surface area contributed by atoms with Crippen LogP contribution in [0.25, 0.3) is 11.3 Å². The highest BCUT2D eigenvalue weighted by Gasteiger charge is 2.11. The van der Waals surface area contributed by atoms with Crippen molar-refractivity contribution >= 4 is 11.9 Å². The molecular formula is C19H16N2O5. The first-order valence-corrected chi connectivity index (χ1v) is 7.80. The number of nitrogens with two attached hydrogens (primary N) is 1. The summed E-state index contributed by atoms with van der Waals surface area (Å²) in [5.41, 5.74) is 6.23. The molecule has 7 heteroatoms. The van der Waals surface area contributed by atoms with Crippen LogP contribution < -0.4 is 10.5 Å². The summed E-state index contributed by atoms with van der Waals surface area (Å²) < 4.78 is 15.9. The number of hydrogen-bond donors (Lipinski definition) is 1. The third kappa shape index (κ3) is 4.47. The molecule has 0 unspecified atom stereocenters. The average molecular weight is 352 g/mol. The van der Waals surface area contributed by atoms with Gasteiger partial charge in [-0.15, -0.1) is 0 Å². The number of oxazole rings is 1. The number of ether oxygens (including phenoxy) is 2. The van der Waals surface area contributed by atoms with Gasteiger partial charge in [0.05, 0.1) is 11.8 Å². The monoisotopic (exact) mass is 352 g/mol. The summed E-state index contributed by atoms with van der Waals surface area (Å²) in [5, 5.41) is 0. The molecule has 1 heterocycles. The van der Waals surface area contributed by atoms with E-state index >= 15 is 0 Å². The molecule has 0 radical (unpaired) electrons. The van der Waals surface area contributed by atoms with E-state index in [2.05, 4.69) is 4.98 Å². The van der Waals surface area contributed by atoms with Crippen molar-refractivity contribution in [3.63, 3.8) is 0 Å². The number of nitrogens with zero attached hydrogens (tertiary/aromatic N) is 1. The minimum absolute atomic E-state index is 0.0778. The molecule has 1 amide bonds. The molecule has 7 nitrogen and oxygen atoms in total. The largest absolute Gasteiger partial charge is 0.484 e. The van der Waals surface area contributed by atoms with E-state index in [4.69, 9.17) is 19.6 Å². The Kier molecular flexibility index (Phi) is 5.28. The Labute approximate surface area is 149 Å². The number of carbonyl (C=O) groups excluding carboxylic acids is 2. The van der Waals surface area contributed by atoms with Crippen LogP contribution in [-0.2, 0) is 16.1 Å². The minimum Gasteiger partial charge on any atom is -0.484 e. The number of primary amides is 1. The highest BCUT2D eigenvalue weighted by molar-refractivity contribution is 5.89. The van der Waals surface area contributed by atoms with Gasteiger partial charge in [0.1, 0.15) is 5.75 Å². The van der Waals surface area contributed by atoms with E-state index < -0.39 is 11.9 Å². The Morgan fingerprint density at radius 2 is 1.77 bits per heavy atom. The van der Waals surface area contributed by atoms with Gasteiger partial charge in [-0.05, 0) is 24.3 Å². The second-order valence-electron chi connectivity index (χ2n) is 5.34. The SMILES string of the molecule is NC(=O)COc1ccc(C(=O)OCc2ncc(-c3ccccc3)o2)cc1. The van der Waals surface area contributed by atoms with Crippen molar-refractivity contribution in [1.82, 2.24) is 4.98 Å². The van der Waals surface area contributed by atoms with Gasteiger partial charge in [0.2, 0.25) is 5.89 Å². The summed E-state index contributed by atoms with van der Waals surface area (Å²) in [6.45, 7) is -0.302. The summed E-state index contributed by atoms with van der Waals surface area (Å²) in [7, 11) is 0. The Bertz CT molecular complexity index is 888. The van der Waals surface area contributed by atoms with Crippen molar-refractivity contribution in [2.24, 2.45) is 5.73 Å². The molecule has 0 aliphatic rings. The third-order valence-corrected chi connectivity index (χ3v) is 3.41. The average Bonchev–Trinajstić information content (AvgIpc) is 3.14. The van der Waals surface area contributed by atoms with Crippen molar-refractivity contribution < 1.29 is 23.5 Å². The number of rotatable bonds is 7. The number of aromatic nitrogens is 1. The highest BCUT2D eigenvalue weighted by atomic mass is 16.5. The first kappa shape index (κ1) is 17.2. The van der Waals surface area contributed by atoms with Gasteiger partial charge in [-0.3, -0.25) is 4.79 Å². The van der Waals surface area contributed by atoms with Gasteiger partial charge < -0.3 is 19.6 Å². The van der Waals surface area contributed by atoms with Crippen LogP contribution in [-0.4, -0.2) is 23.5 Å². The number of esters is 1. The van der Waals surface area contributed by atoms with Gasteiger partial charge in [-0.2, -0.15) is 0 Å². The van der Waals surface area contributed by atoms with Crippen molar-refractivity contribution in [2.45, 2.75) is 6.61 Å². The number of benzene rings is 2. The van der Waals surface area contributed by atoms with Crippen molar-refractivity contribution in [2.75, 3.05) is 6.61 Å². The maximum Gasteiger partial charge on any atom is 0.338 e. The fourth-order valence-corrected chi connectivity index (χ4v) is 2.17. The van der Waals surface area contributed by atoms with Crippen LogP contribution in [0, 0.1) is 0 Å². The van der Waals surface area contributed by atoms with Crippen LogP contribution in [0.15, 0.2) is 65.2 Å². The molecule has 2 aromatic carbocycles. The molecule has 0 fully saturated rings. The summed E-state index contributed by atoms with van der Waals surface area (Å²) in [6.07, 6.45) is 1.59. The van der Waals surface area contributed by atoms with Gasteiger partial charge in [0.15, 0.2) is 19.0 Å². The Morgan fingerprint density at radius 3 is 2.46 bits per heavy atom. The van der Waals surface area contributed by atoms with E-state index in [9.17, 15) is 9.59 Å². The molecule has 3 aromatic rings. The van der Waals surface area contributed by atoms with Crippen LogP contribution in [0.2, 0.25) is 0 Å². The van der Waals surface area contributed by atoms with Crippen LogP contribution >= 0.6 is 0 Å². The number of carbonyl (C=O) groups is 2. The van der Waals surface area contributed by atoms with Crippen LogP contribution in [0.4, 0.5) is 0 Å². The van der Waals surface area contributed by atoms with Gasteiger partial charge in [0, 0.05) is 5.56 Å². The minimum atomic E-state index is -0.575. The number of amides is 1. The fraction of sp³-hybridized carbons (Fsp3) is 0.105. The lowest BCUT2D eigenvalue weighted by molar-refractivity contribution is -0.119. The molecule has 0 atom stereocenters. The zero-order chi connectivity index (χ0) is 18.4. The normalized spacial score (nSPS) is 10.3. The van der Waals surface area contributed by atoms with E-state index in [-0.39, 0.29) is 13.2 Å². The van der Waals surface area contributed by atoms with E-state index in [0.717, 1.165) is 5.56 Å². The Balaban J connectivity index is 1.55. The van der Waals surface area contributed by atoms with Crippen LogP contribution in [0.3, 0.4) is 0 Å². The molecule has 0 saturated carbocycles. The lowest BCUT2D eigenvalue weighted by atomic mass is 10.2. The highest BCUT2D eigenvalue weighted by Crippen LogP contribution is 2.20. The molecule has 0 saturated heterocycles. The molecule has 0 bridgehead atoms. The van der Waals surface area contributed by atoms with Crippen LogP contribution in [0.1, 0.15) is 16.2 Å². The quantitative estimate of drug-likeness (QED) is 0.655. The molecule has 0 spiro atoms. The maximum absolute atomic E-state index is 12.1. The fourth-order valence-electron chi connectivity index (χ4n) is 2.17. The standard InChI is InChI=1S/C19H16N2O5/c20-17(22)11-24-15-8-6-14(7-9-15)19(23)25-12-18-21-10-16(26-18)13-4-2-1-3-5-13/h1-10H,11-12H2,(H2,20,22). The Hall–Kier alpha value is -3.61. The zero-order valence-electron chi connectivity index (χ0n) is 13.8. The predicted octanol–water partition coefficient (Wildman–Crippen LogP) is 2.56. The van der Waals surface area contributed by atoms with Crippen LogP contribution in [0.5, 0.6) is 5.75 Å². The van der Waals surface area contributed by atoms with Crippen molar-refractivity contribution in [3.8, 4) is 17.1 Å². The van der Waals surface area contributed by atoms with Crippen molar-refractivity contribution in [3.05, 3.63) is 72.2 Å². The topological polar surface area (TPSA) is 105 Å². The summed E-state index contributed by atoms with van der Waals surface area (Å²) in [6, 6.07) is 15.7. The third-order valence-electron chi connectivity index (χ3n) is 3.41. The molecule has 3 rings (SSSR count). The first-order chi connectivity index (χ1) is 12.6. The zero-order valence-corrected chi connectivity index (χ0v) is 13.8. The predicted molar refractivity (Wildman–Crippen MR) is 92.2 cm³/mol. The summed E-state index contributed by atoms with van der Waals surface area (Å²) in [5.74, 6) is 0.243. The molecular weight excluding hydrogens is 336 g/mol. The molecule has 1 aromatic heterocycles. The molecule has 0 aliphatic carbocycles. The lowest BCUT2D eigenvalue weighted by Crippen LogP contribution is -2.20. The molecule has 132 valence electrons. The van der Waals surface area contributed by atoms with Gasteiger partial charge in [-0.1, -0.05) is 30.3 Å². The first-order valence-electron chi connectivity index (χ1n) is 7.80. The van der Waals surface area contributed by atoms with Gasteiger partial charge in [0.25, 0.3) is 5.91 Å². The Morgan fingerprint density at radius 1 is 1.04 bits per heavy atom. The summed E-state index contributed by atoms with van der Waals surface area (Å²) in [4.78, 5) is 26.8. The van der Waals surface area contributed by atoms with E-state index in [1.165, 1.54) is 12.1 Å².